The molecular formula is C22H20FN3O2. The molecule has 0 N–H and O–H groups in total. The summed E-state index contributed by atoms with van der Waals surface area (Å²) in [4.78, 5) is 0. The van der Waals surface area contributed by atoms with Gasteiger partial charge in [0.05, 0.1) is 19.7 Å². The summed E-state index contributed by atoms with van der Waals surface area (Å²) in [5.41, 5.74) is 4.41. The third kappa shape index (κ3) is 2.76. The molecule has 142 valence electrons. The van der Waals surface area contributed by atoms with Gasteiger partial charge in [-0.2, -0.15) is 0 Å². The summed E-state index contributed by atoms with van der Waals surface area (Å²) in [6, 6.07) is 10.3. The summed E-state index contributed by atoms with van der Waals surface area (Å²) in [5, 5.41) is 9.85. The summed E-state index contributed by atoms with van der Waals surface area (Å²) >= 11 is 0. The van der Waals surface area contributed by atoms with Crippen LogP contribution >= 0.6 is 0 Å². The largest absolute Gasteiger partial charge is 0.493 e. The van der Waals surface area contributed by atoms with E-state index < -0.39 is 0 Å². The lowest BCUT2D eigenvalue weighted by atomic mass is 10.0. The molecule has 2 aromatic carbocycles. The van der Waals surface area contributed by atoms with E-state index in [1.165, 1.54) is 25.0 Å². The van der Waals surface area contributed by atoms with Crippen LogP contribution in [0.5, 0.6) is 11.5 Å². The van der Waals surface area contributed by atoms with E-state index in [1.54, 1.807) is 26.4 Å². The highest BCUT2D eigenvalue weighted by molar-refractivity contribution is 5.99. The van der Waals surface area contributed by atoms with Crippen molar-refractivity contribution in [2.45, 2.75) is 19.4 Å². The molecule has 0 spiro atoms. The van der Waals surface area contributed by atoms with Crippen molar-refractivity contribution < 1.29 is 13.9 Å². The van der Waals surface area contributed by atoms with Crippen LogP contribution in [0.15, 0.2) is 42.6 Å². The third-order valence-electron chi connectivity index (χ3n) is 5.38. The van der Waals surface area contributed by atoms with E-state index in [1.807, 2.05) is 12.1 Å². The van der Waals surface area contributed by atoms with Gasteiger partial charge in [-0.15, -0.1) is 10.2 Å². The lowest BCUT2D eigenvalue weighted by molar-refractivity contribution is 0.355. The Hall–Kier alpha value is -3.15. The summed E-state index contributed by atoms with van der Waals surface area (Å²) < 4.78 is 26.6. The zero-order valence-corrected chi connectivity index (χ0v) is 15.8. The van der Waals surface area contributed by atoms with Gasteiger partial charge in [0.1, 0.15) is 17.2 Å². The Balaban J connectivity index is 1.77. The molecule has 3 aliphatic rings. The summed E-state index contributed by atoms with van der Waals surface area (Å²) in [5.74, 6) is 1.78. The zero-order valence-electron chi connectivity index (χ0n) is 15.8. The van der Waals surface area contributed by atoms with E-state index >= 15 is 0 Å². The third-order valence-corrected chi connectivity index (χ3v) is 5.38. The van der Waals surface area contributed by atoms with Crippen molar-refractivity contribution in [3.63, 3.8) is 0 Å². The number of aromatic nitrogens is 3. The predicted octanol–water partition coefficient (Wildman–Crippen LogP) is 4.77. The van der Waals surface area contributed by atoms with Crippen LogP contribution in [0, 0.1) is 11.7 Å². The van der Waals surface area contributed by atoms with E-state index in [2.05, 4.69) is 21.0 Å². The smallest absolute Gasteiger partial charge is 0.162 e. The molecule has 5 nitrogen and oxygen atoms in total. The molecule has 0 radical (unpaired) electrons. The molecule has 0 unspecified atom stereocenters. The molecule has 2 aromatic rings. The van der Waals surface area contributed by atoms with E-state index in [-0.39, 0.29) is 5.82 Å². The predicted molar refractivity (Wildman–Crippen MR) is 105 cm³/mol. The molecule has 1 saturated carbocycles. The molecule has 0 aromatic heterocycles. The number of hydrogen-bond donors (Lipinski definition) is 0. The Morgan fingerprint density at radius 1 is 1.00 bits per heavy atom. The van der Waals surface area contributed by atoms with Crippen LogP contribution in [0.1, 0.15) is 12.8 Å². The highest BCUT2D eigenvalue weighted by Crippen LogP contribution is 2.42. The summed E-state index contributed by atoms with van der Waals surface area (Å²) in [7, 11) is 3.27. The van der Waals surface area contributed by atoms with Crippen molar-refractivity contribution >= 4 is 10.9 Å². The first-order valence-electron chi connectivity index (χ1n) is 9.35. The number of hydrogen-bond acceptors (Lipinski definition) is 4. The van der Waals surface area contributed by atoms with Crippen LogP contribution in [0.25, 0.3) is 33.4 Å². The first kappa shape index (κ1) is 17.0. The molecule has 0 amide bonds. The van der Waals surface area contributed by atoms with Crippen molar-refractivity contribution in [2.24, 2.45) is 5.92 Å². The average molecular weight is 377 g/mol. The van der Waals surface area contributed by atoms with Gasteiger partial charge in [0.25, 0.3) is 0 Å². The fourth-order valence-electron chi connectivity index (χ4n) is 3.71. The Kier molecular flexibility index (Phi) is 3.93. The molecular weight excluding hydrogens is 357 g/mol. The number of halogens is 1. The van der Waals surface area contributed by atoms with E-state index in [9.17, 15) is 4.39 Å². The van der Waals surface area contributed by atoms with Crippen LogP contribution in [-0.2, 0) is 6.54 Å². The maximum atomic E-state index is 13.4. The highest BCUT2D eigenvalue weighted by Gasteiger charge is 2.26. The quantitative estimate of drug-likeness (QED) is 0.503. The Morgan fingerprint density at radius 2 is 1.68 bits per heavy atom. The monoisotopic (exact) mass is 377 g/mol. The van der Waals surface area contributed by atoms with Crippen molar-refractivity contribution in [3.8, 4) is 34.0 Å². The van der Waals surface area contributed by atoms with Crippen LogP contribution in [0.2, 0.25) is 0 Å². The number of ether oxygens (including phenoxy) is 2. The minimum atomic E-state index is -0.265. The fraction of sp³-hybridized carbons (Fsp3) is 0.273. The molecule has 0 saturated heterocycles. The first-order valence-corrected chi connectivity index (χ1v) is 9.35. The molecule has 2 heterocycles. The van der Waals surface area contributed by atoms with Crippen LogP contribution in [-0.4, -0.2) is 29.0 Å². The average Bonchev–Trinajstić information content (AvgIpc) is 3.44. The molecule has 2 aliphatic heterocycles. The number of rotatable bonds is 5. The van der Waals surface area contributed by atoms with Gasteiger partial charge >= 0.3 is 0 Å². The van der Waals surface area contributed by atoms with Crippen molar-refractivity contribution in [3.05, 3.63) is 48.4 Å². The molecule has 1 aliphatic carbocycles. The second kappa shape index (κ2) is 6.48. The number of benzene rings is 2. The second-order valence-corrected chi connectivity index (χ2v) is 7.27. The van der Waals surface area contributed by atoms with Crippen LogP contribution in [0.3, 0.4) is 0 Å². The Labute approximate surface area is 162 Å². The van der Waals surface area contributed by atoms with Crippen molar-refractivity contribution in [1.82, 2.24) is 14.8 Å². The van der Waals surface area contributed by atoms with E-state index in [0.29, 0.717) is 17.4 Å². The Bertz CT molecular complexity index is 1130. The zero-order chi connectivity index (χ0) is 19.3. The van der Waals surface area contributed by atoms with Gasteiger partial charge in [0.15, 0.2) is 11.5 Å². The molecule has 6 heteroatoms. The maximum absolute atomic E-state index is 13.4. The van der Waals surface area contributed by atoms with Gasteiger partial charge < -0.3 is 14.0 Å². The normalized spacial score (nSPS) is 14.0. The van der Waals surface area contributed by atoms with Gasteiger partial charge in [-0.05, 0) is 49.1 Å². The SMILES string of the molecule is COc1cc2c3nnc(-c4ccc(F)cc4)c-3cn(CC3CC3)c2cc1OC. The minimum Gasteiger partial charge on any atom is -0.493 e. The minimum absolute atomic E-state index is 0.265. The van der Waals surface area contributed by atoms with Crippen LogP contribution < -0.4 is 9.47 Å². The molecule has 28 heavy (non-hydrogen) atoms. The van der Waals surface area contributed by atoms with E-state index in [4.69, 9.17) is 9.47 Å². The summed E-state index contributed by atoms with van der Waals surface area (Å²) in [6.45, 7) is 0.940. The van der Waals surface area contributed by atoms with Gasteiger partial charge in [0, 0.05) is 35.3 Å². The number of nitrogens with zero attached hydrogens (tertiary/aromatic N) is 3. The van der Waals surface area contributed by atoms with E-state index in [0.717, 1.165) is 40.0 Å². The first-order chi connectivity index (χ1) is 13.7. The van der Waals surface area contributed by atoms with Crippen LogP contribution in [0.4, 0.5) is 4.39 Å². The Morgan fingerprint density at radius 3 is 2.36 bits per heavy atom. The topological polar surface area (TPSA) is 49.2 Å². The molecule has 0 atom stereocenters. The lowest BCUT2D eigenvalue weighted by Crippen LogP contribution is -2.05. The second-order valence-electron chi connectivity index (χ2n) is 7.27. The molecule has 5 rings (SSSR count). The molecule has 0 bridgehead atoms. The number of pyridine rings is 1. The highest BCUT2D eigenvalue weighted by atomic mass is 19.1. The molecule has 1 fully saturated rings. The standard InChI is InChI=1S/C22H20FN3O2/c1-27-19-9-16-18(10-20(19)28-2)26(11-13-3-4-13)12-17-21(24-25-22(16)17)14-5-7-15(23)8-6-14/h5-10,12-13H,3-4,11H2,1-2H3. The van der Waals surface area contributed by atoms with Gasteiger partial charge in [-0.3, -0.25) is 0 Å². The number of methoxy groups -OCH3 is 2. The van der Waals surface area contributed by atoms with Gasteiger partial charge in [-0.1, -0.05) is 0 Å². The number of fused-ring (bicyclic) bond motifs is 3. The van der Waals surface area contributed by atoms with Crippen molar-refractivity contribution in [1.29, 1.82) is 0 Å². The summed E-state index contributed by atoms with van der Waals surface area (Å²) in [6.07, 6.45) is 4.62. The lowest BCUT2D eigenvalue weighted by Gasteiger charge is -2.17. The van der Waals surface area contributed by atoms with Crippen molar-refractivity contribution in [2.75, 3.05) is 14.2 Å². The maximum Gasteiger partial charge on any atom is 0.162 e. The fourth-order valence-corrected chi connectivity index (χ4v) is 3.71. The van der Waals surface area contributed by atoms with Gasteiger partial charge in [-0.25, -0.2) is 4.39 Å². The van der Waals surface area contributed by atoms with Gasteiger partial charge in [0.2, 0.25) is 0 Å².